The summed E-state index contributed by atoms with van der Waals surface area (Å²) in [5.74, 6) is -0.548. The van der Waals surface area contributed by atoms with Crippen LogP contribution in [0.1, 0.15) is 33.6 Å². The van der Waals surface area contributed by atoms with E-state index in [1.54, 1.807) is 24.3 Å². The zero-order valence-electron chi connectivity index (χ0n) is 11.2. The average Bonchev–Trinajstić information content (AvgIpc) is 3.14. The summed E-state index contributed by atoms with van der Waals surface area (Å²) in [6, 6.07) is 6.72. The monoisotopic (exact) mass is 309 g/mol. The van der Waals surface area contributed by atoms with E-state index in [2.05, 4.69) is 0 Å². The van der Waals surface area contributed by atoms with Crippen LogP contribution in [0.15, 0.2) is 24.3 Å². The molecule has 0 bridgehead atoms. The molecule has 2 aliphatic rings. The van der Waals surface area contributed by atoms with Crippen molar-refractivity contribution in [3.8, 4) is 0 Å². The third kappa shape index (κ3) is 2.84. The molecule has 1 heterocycles. The molecule has 1 aromatic carbocycles. The SMILES string of the molecule is O=C1c2ccccc2C(=O)N1CC1CC1CCS(=O)(=O)O. The summed E-state index contributed by atoms with van der Waals surface area (Å²) in [6.45, 7) is 0.322. The number of carbonyl (C=O) groups is 2. The normalized spacial score (nSPS) is 24.3. The van der Waals surface area contributed by atoms with Crippen molar-refractivity contribution in [2.45, 2.75) is 12.8 Å². The Morgan fingerprint density at radius 3 is 2.19 bits per heavy atom. The molecule has 0 aromatic heterocycles. The van der Waals surface area contributed by atoms with E-state index in [1.165, 1.54) is 4.90 Å². The van der Waals surface area contributed by atoms with Crippen molar-refractivity contribution in [2.75, 3.05) is 12.3 Å². The minimum Gasteiger partial charge on any atom is -0.286 e. The van der Waals surface area contributed by atoms with Gasteiger partial charge < -0.3 is 0 Å². The maximum absolute atomic E-state index is 12.2. The molecule has 1 aliphatic carbocycles. The van der Waals surface area contributed by atoms with Gasteiger partial charge in [0.05, 0.1) is 16.9 Å². The van der Waals surface area contributed by atoms with Gasteiger partial charge in [-0.1, -0.05) is 12.1 Å². The Bertz CT molecular complexity index is 677. The molecule has 1 saturated carbocycles. The molecular formula is C14H15NO5S. The van der Waals surface area contributed by atoms with Crippen LogP contribution in [-0.4, -0.2) is 42.0 Å². The van der Waals surface area contributed by atoms with Crippen LogP contribution in [0.25, 0.3) is 0 Å². The Balaban J connectivity index is 1.61. The number of nitrogens with zero attached hydrogens (tertiary/aromatic N) is 1. The van der Waals surface area contributed by atoms with Crippen molar-refractivity contribution in [1.82, 2.24) is 4.90 Å². The van der Waals surface area contributed by atoms with Crippen molar-refractivity contribution < 1.29 is 22.6 Å². The number of amides is 2. The van der Waals surface area contributed by atoms with Crippen molar-refractivity contribution in [3.05, 3.63) is 35.4 Å². The topological polar surface area (TPSA) is 91.8 Å². The number of imide groups is 1. The second-order valence-electron chi connectivity index (χ2n) is 5.60. The van der Waals surface area contributed by atoms with Crippen molar-refractivity contribution in [3.63, 3.8) is 0 Å². The fraction of sp³-hybridized carbons (Fsp3) is 0.429. The molecule has 112 valence electrons. The molecule has 2 amide bonds. The minimum atomic E-state index is -3.94. The maximum Gasteiger partial charge on any atom is 0.264 e. The van der Waals surface area contributed by atoms with E-state index >= 15 is 0 Å². The highest BCUT2D eigenvalue weighted by molar-refractivity contribution is 7.85. The molecule has 1 N–H and O–H groups in total. The molecular weight excluding hydrogens is 294 g/mol. The van der Waals surface area contributed by atoms with E-state index in [0.29, 0.717) is 24.1 Å². The lowest BCUT2D eigenvalue weighted by Gasteiger charge is -2.13. The third-order valence-corrected chi connectivity index (χ3v) is 4.86. The Morgan fingerprint density at radius 1 is 1.10 bits per heavy atom. The van der Waals surface area contributed by atoms with E-state index in [1.807, 2.05) is 0 Å². The number of fused-ring (bicyclic) bond motifs is 1. The predicted molar refractivity (Wildman–Crippen MR) is 74.4 cm³/mol. The number of rotatable bonds is 5. The van der Waals surface area contributed by atoms with Crippen molar-refractivity contribution in [1.29, 1.82) is 0 Å². The van der Waals surface area contributed by atoms with E-state index in [9.17, 15) is 18.0 Å². The van der Waals surface area contributed by atoms with Gasteiger partial charge in [0, 0.05) is 6.54 Å². The van der Waals surface area contributed by atoms with Crippen LogP contribution in [0.5, 0.6) is 0 Å². The van der Waals surface area contributed by atoms with Gasteiger partial charge in [-0.2, -0.15) is 8.42 Å². The van der Waals surface area contributed by atoms with E-state index in [4.69, 9.17) is 4.55 Å². The Kier molecular flexibility index (Phi) is 3.33. The second-order valence-corrected chi connectivity index (χ2v) is 7.17. The van der Waals surface area contributed by atoms with Gasteiger partial charge in [-0.3, -0.25) is 19.0 Å². The summed E-state index contributed by atoms with van der Waals surface area (Å²) in [5.41, 5.74) is 0.857. The molecule has 21 heavy (non-hydrogen) atoms. The van der Waals surface area contributed by atoms with Crippen LogP contribution in [0, 0.1) is 11.8 Å². The molecule has 0 saturated heterocycles. The van der Waals surface area contributed by atoms with Gasteiger partial charge in [0.2, 0.25) is 0 Å². The fourth-order valence-corrected chi connectivity index (χ4v) is 3.43. The summed E-state index contributed by atoms with van der Waals surface area (Å²) in [7, 11) is -3.94. The minimum absolute atomic E-state index is 0.133. The highest BCUT2D eigenvalue weighted by Gasteiger charge is 2.43. The van der Waals surface area contributed by atoms with E-state index < -0.39 is 10.1 Å². The number of carbonyl (C=O) groups excluding carboxylic acids is 2. The second kappa shape index (κ2) is 4.92. The Morgan fingerprint density at radius 2 is 1.67 bits per heavy atom. The molecule has 2 unspecified atom stereocenters. The average molecular weight is 309 g/mol. The largest absolute Gasteiger partial charge is 0.286 e. The lowest BCUT2D eigenvalue weighted by atomic mass is 10.1. The van der Waals surface area contributed by atoms with Crippen LogP contribution in [-0.2, 0) is 10.1 Å². The summed E-state index contributed by atoms with van der Waals surface area (Å²) in [5, 5.41) is 0. The molecule has 1 aliphatic heterocycles. The van der Waals surface area contributed by atoms with Crippen LogP contribution >= 0.6 is 0 Å². The van der Waals surface area contributed by atoms with Crippen molar-refractivity contribution in [2.24, 2.45) is 11.8 Å². The molecule has 2 atom stereocenters. The summed E-state index contributed by atoms with van der Waals surface area (Å²) < 4.78 is 30.1. The molecule has 0 radical (unpaired) electrons. The Hall–Kier alpha value is -1.73. The van der Waals surface area contributed by atoms with Crippen LogP contribution in [0.4, 0.5) is 0 Å². The van der Waals surface area contributed by atoms with Gasteiger partial charge >= 0.3 is 0 Å². The first kappa shape index (κ1) is 14.2. The standard InChI is InChI=1S/C14H15NO5S/c16-13-11-3-1-2-4-12(11)14(17)15(13)8-10-7-9(10)5-6-21(18,19)20/h1-4,9-10H,5-8H2,(H,18,19,20). The van der Waals surface area contributed by atoms with Crippen molar-refractivity contribution >= 4 is 21.9 Å². The van der Waals surface area contributed by atoms with Gasteiger partial charge in [0.25, 0.3) is 21.9 Å². The number of benzene rings is 1. The van der Waals surface area contributed by atoms with Gasteiger partial charge in [0.15, 0.2) is 0 Å². The van der Waals surface area contributed by atoms with Gasteiger partial charge in [-0.05, 0) is 36.8 Å². The quantitative estimate of drug-likeness (QED) is 0.651. The molecule has 0 spiro atoms. The maximum atomic E-state index is 12.2. The zero-order chi connectivity index (χ0) is 15.2. The van der Waals surface area contributed by atoms with Crippen LogP contribution < -0.4 is 0 Å². The van der Waals surface area contributed by atoms with Crippen LogP contribution in [0.2, 0.25) is 0 Å². The smallest absolute Gasteiger partial charge is 0.264 e. The first-order valence-corrected chi connectivity index (χ1v) is 8.38. The predicted octanol–water partition coefficient (Wildman–Crippen LogP) is 1.20. The van der Waals surface area contributed by atoms with Crippen LogP contribution in [0.3, 0.4) is 0 Å². The molecule has 1 aromatic rings. The molecule has 6 nitrogen and oxygen atoms in total. The highest BCUT2D eigenvalue weighted by Crippen LogP contribution is 2.43. The Labute approximate surface area is 122 Å². The summed E-state index contributed by atoms with van der Waals surface area (Å²) >= 11 is 0. The van der Waals surface area contributed by atoms with Gasteiger partial charge in [0.1, 0.15) is 0 Å². The molecule has 1 fully saturated rings. The fourth-order valence-electron chi connectivity index (χ4n) is 2.83. The third-order valence-electron chi connectivity index (χ3n) is 4.11. The first-order chi connectivity index (χ1) is 9.87. The number of hydrogen-bond donors (Lipinski definition) is 1. The molecule has 7 heteroatoms. The lowest BCUT2D eigenvalue weighted by Crippen LogP contribution is -2.32. The van der Waals surface area contributed by atoms with Gasteiger partial charge in [-0.25, -0.2) is 0 Å². The lowest BCUT2D eigenvalue weighted by molar-refractivity contribution is 0.0644. The van der Waals surface area contributed by atoms with Gasteiger partial charge in [-0.15, -0.1) is 0 Å². The zero-order valence-corrected chi connectivity index (χ0v) is 12.0. The van der Waals surface area contributed by atoms with E-state index in [0.717, 1.165) is 6.42 Å². The summed E-state index contributed by atoms with van der Waals surface area (Å²) in [6.07, 6.45) is 1.15. The first-order valence-electron chi connectivity index (χ1n) is 6.77. The highest BCUT2D eigenvalue weighted by atomic mass is 32.2. The summed E-state index contributed by atoms with van der Waals surface area (Å²) in [4.78, 5) is 25.6. The van der Waals surface area contributed by atoms with E-state index in [-0.39, 0.29) is 29.4 Å². The molecule has 3 rings (SSSR count). The number of hydrogen-bond acceptors (Lipinski definition) is 4.